The van der Waals surface area contributed by atoms with E-state index in [-0.39, 0.29) is 37.8 Å². The largest absolute Gasteiger partial charge is 0.464 e. The van der Waals surface area contributed by atoms with Crippen molar-refractivity contribution >= 4 is 17.6 Å². The summed E-state index contributed by atoms with van der Waals surface area (Å²) in [4.78, 5) is 29.0. The molecule has 2 aromatic carbocycles. The van der Waals surface area contributed by atoms with Gasteiger partial charge in [-0.1, -0.05) is 30.3 Å². The predicted octanol–water partition coefficient (Wildman–Crippen LogP) is 4.58. The SMILES string of the molecule is COCCN(CC(=O)N(Cc1ccccc1)Cc1ccc(C)o1)C(=O)Nc1ccc(F)c(F)c1. The number of nitrogens with zero attached hydrogens (tertiary/aromatic N) is 2. The van der Waals surface area contributed by atoms with Crippen LogP contribution in [0.25, 0.3) is 0 Å². The number of aryl methyl sites for hydroxylation is 1. The molecule has 3 rings (SSSR count). The number of benzene rings is 2. The Hall–Kier alpha value is -3.72. The molecule has 0 unspecified atom stereocenters. The smallest absolute Gasteiger partial charge is 0.322 e. The Bertz CT molecular complexity index is 1100. The van der Waals surface area contributed by atoms with Gasteiger partial charge in [0.2, 0.25) is 5.91 Å². The van der Waals surface area contributed by atoms with E-state index >= 15 is 0 Å². The molecule has 3 aromatic rings. The Kier molecular flexibility index (Phi) is 8.75. The van der Waals surface area contributed by atoms with Crippen LogP contribution >= 0.6 is 0 Å². The molecule has 0 aliphatic carbocycles. The van der Waals surface area contributed by atoms with E-state index in [1.807, 2.05) is 43.3 Å². The maximum Gasteiger partial charge on any atom is 0.322 e. The number of hydrogen-bond donors (Lipinski definition) is 1. The molecule has 0 aliphatic rings. The number of rotatable bonds is 10. The number of halogens is 2. The number of ether oxygens (including phenoxy) is 1. The van der Waals surface area contributed by atoms with Crippen molar-refractivity contribution in [2.45, 2.75) is 20.0 Å². The summed E-state index contributed by atoms with van der Waals surface area (Å²) >= 11 is 0. The van der Waals surface area contributed by atoms with Crippen molar-refractivity contribution in [3.05, 3.63) is 89.4 Å². The van der Waals surface area contributed by atoms with Crippen molar-refractivity contribution in [3.63, 3.8) is 0 Å². The molecular formula is C25H27F2N3O4. The molecule has 1 N–H and O–H groups in total. The number of amides is 3. The predicted molar refractivity (Wildman–Crippen MR) is 123 cm³/mol. The minimum Gasteiger partial charge on any atom is -0.464 e. The van der Waals surface area contributed by atoms with E-state index in [1.54, 1.807) is 11.0 Å². The van der Waals surface area contributed by atoms with Gasteiger partial charge < -0.3 is 24.3 Å². The monoisotopic (exact) mass is 471 g/mol. The van der Waals surface area contributed by atoms with E-state index < -0.39 is 17.7 Å². The topological polar surface area (TPSA) is 75.0 Å². The van der Waals surface area contributed by atoms with Gasteiger partial charge in [-0.05, 0) is 36.8 Å². The first-order valence-corrected chi connectivity index (χ1v) is 10.7. The molecule has 1 heterocycles. The fraction of sp³-hybridized carbons (Fsp3) is 0.280. The average Bonchev–Trinajstić information content (AvgIpc) is 3.23. The summed E-state index contributed by atoms with van der Waals surface area (Å²) < 4.78 is 37.5. The van der Waals surface area contributed by atoms with Gasteiger partial charge in [0.1, 0.15) is 18.1 Å². The summed E-state index contributed by atoms with van der Waals surface area (Å²) in [5.74, 6) is -1.06. The highest BCUT2D eigenvalue weighted by molar-refractivity contribution is 5.92. The first-order chi connectivity index (χ1) is 16.4. The van der Waals surface area contributed by atoms with E-state index in [0.717, 1.165) is 23.5 Å². The lowest BCUT2D eigenvalue weighted by Crippen LogP contribution is -2.45. The zero-order valence-corrected chi connectivity index (χ0v) is 19.1. The summed E-state index contributed by atoms with van der Waals surface area (Å²) in [5, 5.41) is 2.50. The molecule has 1 aromatic heterocycles. The van der Waals surface area contributed by atoms with Gasteiger partial charge in [0, 0.05) is 32.0 Å². The second kappa shape index (κ2) is 11.9. The third kappa shape index (κ3) is 7.14. The third-order valence-corrected chi connectivity index (χ3v) is 5.06. The highest BCUT2D eigenvalue weighted by Crippen LogP contribution is 2.16. The number of furan rings is 1. The Morgan fingerprint density at radius 3 is 2.38 bits per heavy atom. The zero-order valence-electron chi connectivity index (χ0n) is 19.1. The molecule has 9 heteroatoms. The van der Waals surface area contributed by atoms with Crippen LogP contribution < -0.4 is 5.32 Å². The zero-order chi connectivity index (χ0) is 24.5. The number of methoxy groups -OCH3 is 1. The lowest BCUT2D eigenvalue weighted by atomic mass is 10.2. The first kappa shape index (κ1) is 24.9. The van der Waals surface area contributed by atoms with Gasteiger partial charge >= 0.3 is 6.03 Å². The lowest BCUT2D eigenvalue weighted by molar-refractivity contribution is -0.133. The van der Waals surface area contributed by atoms with Gasteiger partial charge in [0.15, 0.2) is 11.6 Å². The molecule has 34 heavy (non-hydrogen) atoms. The van der Waals surface area contributed by atoms with Gasteiger partial charge in [-0.15, -0.1) is 0 Å². The molecule has 0 radical (unpaired) electrons. The van der Waals surface area contributed by atoms with Gasteiger partial charge in [-0.3, -0.25) is 4.79 Å². The molecule has 0 saturated carbocycles. The fourth-order valence-electron chi connectivity index (χ4n) is 3.29. The highest BCUT2D eigenvalue weighted by atomic mass is 19.2. The Balaban J connectivity index is 1.75. The van der Waals surface area contributed by atoms with Crippen LogP contribution in [0.4, 0.5) is 19.3 Å². The average molecular weight is 472 g/mol. The van der Waals surface area contributed by atoms with Crippen LogP contribution in [-0.2, 0) is 22.6 Å². The number of nitrogens with one attached hydrogen (secondary N) is 1. The van der Waals surface area contributed by atoms with Gasteiger partial charge in [-0.25, -0.2) is 13.6 Å². The summed E-state index contributed by atoms with van der Waals surface area (Å²) in [5.41, 5.74) is 1.000. The lowest BCUT2D eigenvalue weighted by Gasteiger charge is -2.27. The van der Waals surface area contributed by atoms with E-state index in [0.29, 0.717) is 12.3 Å². The van der Waals surface area contributed by atoms with Crippen molar-refractivity contribution in [3.8, 4) is 0 Å². The van der Waals surface area contributed by atoms with Crippen LogP contribution in [-0.4, -0.2) is 48.5 Å². The van der Waals surface area contributed by atoms with Crippen molar-refractivity contribution in [1.29, 1.82) is 0 Å². The Labute approximate surface area is 196 Å². The summed E-state index contributed by atoms with van der Waals surface area (Å²) in [6, 6.07) is 15.5. The standard InChI is InChI=1S/C25H27F2N3O4/c1-18-8-10-21(34-18)16-30(15-19-6-4-3-5-7-19)24(31)17-29(12-13-33-2)25(32)28-20-9-11-22(26)23(27)14-20/h3-11,14H,12-13,15-17H2,1-2H3,(H,28,32). The van der Waals surface area contributed by atoms with Crippen LogP contribution in [0.3, 0.4) is 0 Å². The molecular weight excluding hydrogens is 444 g/mol. The summed E-state index contributed by atoms with van der Waals surface area (Å²) in [6.45, 7) is 2.44. The van der Waals surface area contributed by atoms with Crippen molar-refractivity contribution in [1.82, 2.24) is 9.80 Å². The Morgan fingerprint density at radius 2 is 1.74 bits per heavy atom. The highest BCUT2D eigenvalue weighted by Gasteiger charge is 2.23. The maximum atomic E-state index is 13.5. The van der Waals surface area contributed by atoms with Crippen molar-refractivity contribution < 1.29 is 27.5 Å². The molecule has 0 aliphatic heterocycles. The Morgan fingerprint density at radius 1 is 0.971 bits per heavy atom. The summed E-state index contributed by atoms with van der Waals surface area (Å²) in [7, 11) is 1.48. The molecule has 0 bridgehead atoms. The van der Waals surface area contributed by atoms with E-state index in [4.69, 9.17) is 9.15 Å². The van der Waals surface area contributed by atoms with Crippen molar-refractivity contribution in [2.24, 2.45) is 0 Å². The number of carbonyl (C=O) groups is 2. The van der Waals surface area contributed by atoms with Crippen LogP contribution in [0.2, 0.25) is 0 Å². The van der Waals surface area contributed by atoms with E-state index in [2.05, 4.69) is 5.32 Å². The van der Waals surface area contributed by atoms with E-state index in [9.17, 15) is 18.4 Å². The molecule has 0 saturated heterocycles. The minimum atomic E-state index is -1.08. The van der Waals surface area contributed by atoms with Gasteiger partial charge in [0.05, 0.1) is 13.2 Å². The normalized spacial score (nSPS) is 10.7. The van der Waals surface area contributed by atoms with E-state index in [1.165, 1.54) is 18.1 Å². The van der Waals surface area contributed by atoms with Crippen molar-refractivity contribution in [2.75, 3.05) is 32.1 Å². The number of anilines is 1. The molecule has 7 nitrogen and oxygen atoms in total. The number of urea groups is 1. The number of hydrogen-bond acceptors (Lipinski definition) is 4. The van der Waals surface area contributed by atoms with Crippen LogP contribution in [0.15, 0.2) is 65.1 Å². The van der Waals surface area contributed by atoms with Gasteiger partial charge in [-0.2, -0.15) is 0 Å². The summed E-state index contributed by atoms with van der Waals surface area (Å²) in [6.07, 6.45) is 0. The van der Waals surface area contributed by atoms with Gasteiger partial charge in [0.25, 0.3) is 0 Å². The molecule has 180 valence electrons. The third-order valence-electron chi connectivity index (χ3n) is 5.06. The van der Waals surface area contributed by atoms with Crippen LogP contribution in [0.5, 0.6) is 0 Å². The molecule has 3 amide bonds. The second-order valence-electron chi connectivity index (χ2n) is 7.72. The fourth-order valence-corrected chi connectivity index (χ4v) is 3.29. The van der Waals surface area contributed by atoms with Crippen LogP contribution in [0, 0.1) is 18.6 Å². The molecule has 0 atom stereocenters. The number of carbonyl (C=O) groups excluding carboxylic acids is 2. The quantitative estimate of drug-likeness (QED) is 0.470. The molecule has 0 fully saturated rings. The maximum absolute atomic E-state index is 13.5. The minimum absolute atomic E-state index is 0.0750. The first-order valence-electron chi connectivity index (χ1n) is 10.7. The van der Waals surface area contributed by atoms with Crippen LogP contribution in [0.1, 0.15) is 17.1 Å². The molecule has 0 spiro atoms. The second-order valence-corrected chi connectivity index (χ2v) is 7.72.